The van der Waals surface area contributed by atoms with Gasteiger partial charge in [0.25, 0.3) is 0 Å². The Balaban J connectivity index is 2.04. The molecule has 1 aromatic carbocycles. The van der Waals surface area contributed by atoms with E-state index >= 15 is 0 Å². The van der Waals surface area contributed by atoms with Crippen molar-refractivity contribution in [1.82, 2.24) is 9.55 Å². The van der Waals surface area contributed by atoms with Crippen LogP contribution in [0.25, 0.3) is 0 Å². The van der Waals surface area contributed by atoms with Crippen molar-refractivity contribution >= 4 is 11.6 Å². The van der Waals surface area contributed by atoms with Crippen LogP contribution in [0.15, 0.2) is 30.6 Å². The maximum atomic E-state index is 5.85. The van der Waals surface area contributed by atoms with Crippen molar-refractivity contribution in [3.8, 4) is 0 Å². The van der Waals surface area contributed by atoms with Gasteiger partial charge in [-0.1, -0.05) is 23.7 Å². The number of rotatable bonds is 4. The van der Waals surface area contributed by atoms with E-state index in [1.54, 1.807) is 0 Å². The third-order valence-corrected chi connectivity index (χ3v) is 3.15. The third-order valence-electron chi connectivity index (χ3n) is 2.90. The molecule has 0 aliphatic carbocycles. The molecule has 2 aromatic rings. The summed E-state index contributed by atoms with van der Waals surface area (Å²) in [6.07, 6.45) is 3.69. The number of benzene rings is 1. The van der Waals surface area contributed by atoms with Crippen LogP contribution in [0.5, 0.6) is 0 Å². The lowest BCUT2D eigenvalue weighted by atomic mass is 10.1. The molecule has 2 rings (SSSR count). The lowest BCUT2D eigenvalue weighted by Crippen LogP contribution is -2.06. The van der Waals surface area contributed by atoms with Crippen LogP contribution in [0.1, 0.15) is 17.0 Å². The summed E-state index contributed by atoms with van der Waals surface area (Å²) >= 11 is 5.85. The zero-order valence-corrected chi connectivity index (χ0v) is 10.6. The molecule has 0 aliphatic heterocycles. The number of aryl methyl sites for hydroxylation is 3. The average Bonchev–Trinajstić information content (AvgIpc) is 2.69. The monoisotopic (exact) mass is 249 g/mol. The van der Waals surface area contributed by atoms with E-state index in [9.17, 15) is 0 Å². The van der Waals surface area contributed by atoms with Crippen molar-refractivity contribution in [2.45, 2.75) is 19.4 Å². The molecule has 0 aliphatic rings. The highest BCUT2D eigenvalue weighted by Crippen LogP contribution is 2.13. The van der Waals surface area contributed by atoms with Crippen LogP contribution in [0.3, 0.4) is 0 Å². The van der Waals surface area contributed by atoms with E-state index in [2.05, 4.69) is 4.98 Å². The molecule has 0 saturated heterocycles. The fourth-order valence-corrected chi connectivity index (χ4v) is 2.01. The minimum atomic E-state index is 0.534. The van der Waals surface area contributed by atoms with Crippen molar-refractivity contribution in [2.75, 3.05) is 0 Å². The molecular formula is C13H16ClN3. The summed E-state index contributed by atoms with van der Waals surface area (Å²) < 4.78 is 1.98. The molecule has 0 radical (unpaired) electrons. The minimum Gasteiger partial charge on any atom is -0.336 e. The zero-order valence-electron chi connectivity index (χ0n) is 9.86. The molecule has 4 heteroatoms. The molecule has 17 heavy (non-hydrogen) atoms. The SMILES string of the molecule is Cn1cnc(CCc2ccc(Cl)cc2)c1CN. The number of hydrogen-bond donors (Lipinski definition) is 1. The zero-order chi connectivity index (χ0) is 12.3. The molecule has 0 fully saturated rings. The second kappa shape index (κ2) is 5.34. The highest BCUT2D eigenvalue weighted by Gasteiger charge is 2.06. The molecule has 0 atom stereocenters. The fourth-order valence-electron chi connectivity index (χ4n) is 1.89. The first kappa shape index (κ1) is 12.1. The van der Waals surface area contributed by atoms with Gasteiger partial charge in [0.1, 0.15) is 0 Å². The number of hydrogen-bond acceptors (Lipinski definition) is 2. The number of imidazole rings is 1. The van der Waals surface area contributed by atoms with E-state index in [0.717, 1.165) is 29.3 Å². The summed E-state index contributed by atoms with van der Waals surface area (Å²) in [5.41, 5.74) is 9.17. The highest BCUT2D eigenvalue weighted by atomic mass is 35.5. The maximum absolute atomic E-state index is 5.85. The summed E-state index contributed by atoms with van der Waals surface area (Å²) in [5.74, 6) is 0. The van der Waals surface area contributed by atoms with Gasteiger partial charge in [-0.15, -0.1) is 0 Å². The van der Waals surface area contributed by atoms with Crippen molar-refractivity contribution in [3.63, 3.8) is 0 Å². The second-order valence-corrected chi connectivity index (χ2v) is 4.52. The number of nitrogens with two attached hydrogens (primary N) is 1. The summed E-state index contributed by atoms with van der Waals surface area (Å²) in [6, 6.07) is 7.93. The molecular weight excluding hydrogens is 234 g/mol. The molecule has 0 saturated carbocycles. The van der Waals surface area contributed by atoms with Crippen molar-refractivity contribution in [3.05, 3.63) is 52.6 Å². The number of aromatic nitrogens is 2. The topological polar surface area (TPSA) is 43.8 Å². The molecule has 1 aromatic heterocycles. The first-order chi connectivity index (χ1) is 8.20. The lowest BCUT2D eigenvalue weighted by Gasteiger charge is -2.03. The first-order valence-corrected chi connectivity index (χ1v) is 6.02. The van der Waals surface area contributed by atoms with Crippen LogP contribution in [-0.4, -0.2) is 9.55 Å². The van der Waals surface area contributed by atoms with Crippen LogP contribution >= 0.6 is 11.6 Å². The number of nitrogens with zero attached hydrogens (tertiary/aromatic N) is 2. The molecule has 2 N–H and O–H groups in total. The maximum Gasteiger partial charge on any atom is 0.0949 e. The van der Waals surface area contributed by atoms with Gasteiger partial charge in [0.2, 0.25) is 0 Å². The lowest BCUT2D eigenvalue weighted by molar-refractivity contribution is 0.801. The van der Waals surface area contributed by atoms with Crippen LogP contribution in [0.4, 0.5) is 0 Å². The van der Waals surface area contributed by atoms with Crippen molar-refractivity contribution in [2.24, 2.45) is 12.8 Å². The second-order valence-electron chi connectivity index (χ2n) is 4.08. The van der Waals surface area contributed by atoms with Gasteiger partial charge < -0.3 is 10.3 Å². The largest absolute Gasteiger partial charge is 0.336 e. The van der Waals surface area contributed by atoms with Gasteiger partial charge in [-0.05, 0) is 30.5 Å². The quantitative estimate of drug-likeness (QED) is 0.904. The predicted molar refractivity (Wildman–Crippen MR) is 70.0 cm³/mol. The van der Waals surface area contributed by atoms with Crippen LogP contribution in [0.2, 0.25) is 5.02 Å². The Morgan fingerprint density at radius 1 is 1.24 bits per heavy atom. The van der Waals surface area contributed by atoms with Gasteiger partial charge >= 0.3 is 0 Å². The molecule has 1 heterocycles. The summed E-state index contributed by atoms with van der Waals surface area (Å²) in [6.45, 7) is 0.534. The molecule has 3 nitrogen and oxygen atoms in total. The van der Waals surface area contributed by atoms with Gasteiger partial charge in [0.15, 0.2) is 0 Å². The van der Waals surface area contributed by atoms with E-state index in [-0.39, 0.29) is 0 Å². The summed E-state index contributed by atoms with van der Waals surface area (Å²) in [4.78, 5) is 4.38. The van der Waals surface area contributed by atoms with Gasteiger partial charge in [-0.3, -0.25) is 0 Å². The Labute approximate surface area is 106 Å². The van der Waals surface area contributed by atoms with Crippen LogP contribution in [0, 0.1) is 0 Å². The van der Waals surface area contributed by atoms with Gasteiger partial charge in [0.05, 0.1) is 17.7 Å². The molecule has 0 bridgehead atoms. The van der Waals surface area contributed by atoms with Gasteiger partial charge in [-0.2, -0.15) is 0 Å². The smallest absolute Gasteiger partial charge is 0.0949 e. The Hall–Kier alpha value is -1.32. The van der Waals surface area contributed by atoms with Crippen LogP contribution < -0.4 is 5.73 Å². The van der Waals surface area contributed by atoms with E-state index in [4.69, 9.17) is 17.3 Å². The van der Waals surface area contributed by atoms with Gasteiger partial charge in [0, 0.05) is 18.6 Å². The van der Waals surface area contributed by atoms with Gasteiger partial charge in [-0.25, -0.2) is 4.98 Å². The van der Waals surface area contributed by atoms with Crippen LogP contribution in [-0.2, 0) is 26.4 Å². The predicted octanol–water partition coefficient (Wildman–Crippen LogP) is 2.32. The van der Waals surface area contributed by atoms with E-state index in [0.29, 0.717) is 6.54 Å². The average molecular weight is 250 g/mol. The Bertz CT molecular complexity index is 488. The molecule has 0 amide bonds. The number of halogens is 1. The van der Waals surface area contributed by atoms with E-state index in [1.165, 1.54) is 5.56 Å². The Morgan fingerprint density at radius 3 is 2.59 bits per heavy atom. The highest BCUT2D eigenvalue weighted by molar-refractivity contribution is 6.30. The summed E-state index contributed by atoms with van der Waals surface area (Å²) in [5, 5.41) is 0.772. The van der Waals surface area contributed by atoms with Crippen molar-refractivity contribution in [1.29, 1.82) is 0 Å². The molecule has 0 unspecified atom stereocenters. The van der Waals surface area contributed by atoms with E-state index in [1.807, 2.05) is 42.2 Å². The third kappa shape index (κ3) is 2.87. The Kier molecular flexibility index (Phi) is 3.82. The minimum absolute atomic E-state index is 0.534. The van der Waals surface area contributed by atoms with Crippen molar-refractivity contribution < 1.29 is 0 Å². The first-order valence-electron chi connectivity index (χ1n) is 5.64. The fraction of sp³-hybridized carbons (Fsp3) is 0.308. The molecule has 0 spiro atoms. The summed E-state index contributed by atoms with van der Waals surface area (Å²) in [7, 11) is 1.97. The standard InChI is InChI=1S/C13H16ClN3/c1-17-9-16-12(13(17)8-15)7-4-10-2-5-11(14)6-3-10/h2-3,5-6,9H,4,7-8,15H2,1H3. The normalized spacial score (nSPS) is 10.8. The van der Waals surface area contributed by atoms with E-state index < -0.39 is 0 Å². The molecule has 90 valence electrons. The Morgan fingerprint density at radius 2 is 1.94 bits per heavy atom.